The molecule has 0 aliphatic carbocycles. The highest BCUT2D eigenvalue weighted by Gasteiger charge is 2.37. The standard InChI is InChI=1S/C12H13NO5/c1-17-9-3-2-8(10(15)4-9)6-13-11(16)5-12(13)18-7-14/h2-4,7,12,15H,5-6H2,1H3. The molecule has 1 aromatic carbocycles. The number of ether oxygens (including phenoxy) is 2. The summed E-state index contributed by atoms with van der Waals surface area (Å²) in [4.78, 5) is 23.0. The highest BCUT2D eigenvalue weighted by atomic mass is 16.5. The highest BCUT2D eigenvalue weighted by Crippen LogP contribution is 2.28. The summed E-state index contributed by atoms with van der Waals surface area (Å²) >= 11 is 0. The third kappa shape index (κ3) is 2.22. The molecule has 1 unspecified atom stereocenters. The number of hydrogen-bond acceptors (Lipinski definition) is 5. The predicted octanol–water partition coefficient (Wildman–Crippen LogP) is 0.632. The average Bonchev–Trinajstić information content (AvgIpc) is 2.37. The normalized spacial score (nSPS) is 18.2. The highest BCUT2D eigenvalue weighted by molar-refractivity contribution is 5.82. The van der Waals surface area contributed by atoms with Gasteiger partial charge in [-0.25, -0.2) is 0 Å². The second-order valence-electron chi connectivity index (χ2n) is 3.91. The number of phenols is 1. The summed E-state index contributed by atoms with van der Waals surface area (Å²) in [6, 6.07) is 4.82. The molecular formula is C12H13NO5. The van der Waals surface area contributed by atoms with E-state index in [1.807, 2.05) is 0 Å². The Labute approximate surface area is 104 Å². The molecule has 1 saturated heterocycles. The Morgan fingerprint density at radius 2 is 2.33 bits per heavy atom. The van der Waals surface area contributed by atoms with Crippen LogP contribution in [0, 0.1) is 0 Å². The lowest BCUT2D eigenvalue weighted by atomic mass is 10.1. The lowest BCUT2D eigenvalue weighted by molar-refractivity contribution is -0.177. The fourth-order valence-corrected chi connectivity index (χ4v) is 1.79. The molecule has 1 aliphatic heterocycles. The minimum atomic E-state index is -0.531. The molecule has 6 heteroatoms. The first-order valence-corrected chi connectivity index (χ1v) is 5.40. The maximum atomic E-state index is 11.4. The van der Waals surface area contributed by atoms with Gasteiger partial charge in [0.1, 0.15) is 11.5 Å². The second kappa shape index (κ2) is 4.95. The van der Waals surface area contributed by atoms with Crippen LogP contribution >= 0.6 is 0 Å². The molecule has 1 atom stereocenters. The predicted molar refractivity (Wildman–Crippen MR) is 60.8 cm³/mol. The van der Waals surface area contributed by atoms with Crippen LogP contribution in [0.15, 0.2) is 18.2 Å². The molecular weight excluding hydrogens is 238 g/mol. The second-order valence-corrected chi connectivity index (χ2v) is 3.91. The van der Waals surface area contributed by atoms with Gasteiger partial charge in [-0.15, -0.1) is 0 Å². The molecule has 1 fully saturated rings. The third-order valence-electron chi connectivity index (χ3n) is 2.86. The van der Waals surface area contributed by atoms with Gasteiger partial charge < -0.3 is 19.5 Å². The van der Waals surface area contributed by atoms with Crippen molar-refractivity contribution in [1.29, 1.82) is 0 Å². The summed E-state index contributed by atoms with van der Waals surface area (Å²) in [7, 11) is 1.50. The van der Waals surface area contributed by atoms with Gasteiger partial charge in [0.2, 0.25) is 5.91 Å². The Morgan fingerprint density at radius 1 is 1.56 bits per heavy atom. The summed E-state index contributed by atoms with van der Waals surface area (Å²) in [5, 5.41) is 9.77. The molecule has 0 radical (unpaired) electrons. The Balaban J connectivity index is 2.09. The summed E-state index contributed by atoms with van der Waals surface area (Å²) in [5.74, 6) is 0.461. The van der Waals surface area contributed by atoms with E-state index in [-0.39, 0.29) is 24.6 Å². The fourth-order valence-electron chi connectivity index (χ4n) is 1.79. The van der Waals surface area contributed by atoms with Gasteiger partial charge >= 0.3 is 0 Å². The molecule has 1 aliphatic rings. The zero-order valence-corrected chi connectivity index (χ0v) is 9.83. The number of likely N-dealkylation sites (tertiary alicyclic amines) is 1. The summed E-state index contributed by atoms with van der Waals surface area (Å²) < 4.78 is 9.70. The van der Waals surface area contributed by atoms with E-state index in [9.17, 15) is 14.7 Å². The van der Waals surface area contributed by atoms with Gasteiger partial charge in [0.25, 0.3) is 6.47 Å². The topological polar surface area (TPSA) is 76.1 Å². The largest absolute Gasteiger partial charge is 0.507 e. The molecule has 0 saturated carbocycles. The molecule has 18 heavy (non-hydrogen) atoms. The van der Waals surface area contributed by atoms with Crippen LogP contribution in [-0.4, -0.2) is 35.7 Å². The smallest absolute Gasteiger partial charge is 0.295 e. The number of carbonyl (C=O) groups excluding carboxylic acids is 2. The van der Waals surface area contributed by atoms with Gasteiger partial charge in [0, 0.05) is 11.6 Å². The molecule has 0 bridgehead atoms. The molecule has 1 heterocycles. The number of benzene rings is 1. The number of nitrogens with zero attached hydrogens (tertiary/aromatic N) is 1. The zero-order chi connectivity index (χ0) is 13.1. The summed E-state index contributed by atoms with van der Waals surface area (Å²) in [6.45, 7) is 0.519. The van der Waals surface area contributed by atoms with Crippen LogP contribution in [0.2, 0.25) is 0 Å². The molecule has 0 spiro atoms. The van der Waals surface area contributed by atoms with Crippen molar-refractivity contribution < 1.29 is 24.2 Å². The van der Waals surface area contributed by atoms with Crippen molar-refractivity contribution >= 4 is 12.4 Å². The van der Waals surface area contributed by atoms with Crippen molar-refractivity contribution in [2.45, 2.75) is 19.2 Å². The van der Waals surface area contributed by atoms with Crippen molar-refractivity contribution in [2.75, 3.05) is 7.11 Å². The van der Waals surface area contributed by atoms with Crippen LogP contribution < -0.4 is 4.74 Å². The lowest BCUT2D eigenvalue weighted by Gasteiger charge is -2.38. The lowest BCUT2D eigenvalue weighted by Crippen LogP contribution is -2.53. The Morgan fingerprint density at radius 3 is 2.89 bits per heavy atom. The van der Waals surface area contributed by atoms with Gasteiger partial charge in [-0.2, -0.15) is 0 Å². The number of β-lactam (4-membered cyclic amide) rings is 1. The van der Waals surface area contributed by atoms with Crippen LogP contribution in [-0.2, 0) is 20.9 Å². The van der Waals surface area contributed by atoms with Crippen molar-refractivity contribution in [2.24, 2.45) is 0 Å². The van der Waals surface area contributed by atoms with E-state index in [2.05, 4.69) is 0 Å². The molecule has 96 valence electrons. The third-order valence-corrected chi connectivity index (χ3v) is 2.86. The summed E-state index contributed by atoms with van der Waals surface area (Å²) in [6.07, 6.45) is -0.341. The van der Waals surface area contributed by atoms with E-state index < -0.39 is 6.23 Å². The van der Waals surface area contributed by atoms with E-state index >= 15 is 0 Å². The molecule has 0 aromatic heterocycles. The number of methoxy groups -OCH3 is 1. The first-order chi connectivity index (χ1) is 8.65. The quantitative estimate of drug-likeness (QED) is 0.613. The molecule has 1 N–H and O–H groups in total. The molecule has 1 aromatic rings. The number of carbonyl (C=O) groups is 2. The van der Waals surface area contributed by atoms with E-state index in [4.69, 9.17) is 9.47 Å². The number of amides is 1. The fraction of sp³-hybridized carbons (Fsp3) is 0.333. The van der Waals surface area contributed by atoms with E-state index in [0.717, 1.165) is 0 Å². The Hall–Kier alpha value is -2.24. The van der Waals surface area contributed by atoms with Crippen LogP contribution in [0.5, 0.6) is 11.5 Å². The first-order valence-electron chi connectivity index (χ1n) is 5.40. The Kier molecular flexibility index (Phi) is 3.36. The Bertz CT molecular complexity index is 472. The monoisotopic (exact) mass is 251 g/mol. The van der Waals surface area contributed by atoms with E-state index in [1.54, 1.807) is 12.1 Å². The minimum Gasteiger partial charge on any atom is -0.507 e. The van der Waals surface area contributed by atoms with Crippen molar-refractivity contribution in [1.82, 2.24) is 4.90 Å². The van der Waals surface area contributed by atoms with Crippen LogP contribution in [0.1, 0.15) is 12.0 Å². The first kappa shape index (κ1) is 12.2. The molecule has 6 nitrogen and oxygen atoms in total. The van der Waals surface area contributed by atoms with Crippen molar-refractivity contribution in [3.63, 3.8) is 0 Å². The van der Waals surface area contributed by atoms with Gasteiger partial charge in [0.15, 0.2) is 6.23 Å². The van der Waals surface area contributed by atoms with E-state index in [1.165, 1.54) is 18.1 Å². The number of phenolic OH excluding ortho intramolecular Hbond substituents is 1. The maximum Gasteiger partial charge on any atom is 0.295 e. The van der Waals surface area contributed by atoms with Crippen molar-refractivity contribution in [3.8, 4) is 11.5 Å². The number of aromatic hydroxyl groups is 1. The van der Waals surface area contributed by atoms with Gasteiger partial charge in [0.05, 0.1) is 20.1 Å². The maximum absolute atomic E-state index is 11.4. The average molecular weight is 251 g/mol. The summed E-state index contributed by atoms with van der Waals surface area (Å²) in [5.41, 5.74) is 0.573. The SMILES string of the molecule is COc1ccc(CN2C(=O)CC2OC=O)c(O)c1. The zero-order valence-electron chi connectivity index (χ0n) is 9.83. The molecule has 1 amide bonds. The van der Waals surface area contributed by atoms with Crippen LogP contribution in [0.4, 0.5) is 0 Å². The number of rotatable bonds is 5. The van der Waals surface area contributed by atoms with E-state index in [0.29, 0.717) is 17.8 Å². The van der Waals surface area contributed by atoms with Crippen LogP contribution in [0.3, 0.4) is 0 Å². The van der Waals surface area contributed by atoms with Crippen LogP contribution in [0.25, 0.3) is 0 Å². The van der Waals surface area contributed by atoms with Gasteiger partial charge in [-0.1, -0.05) is 0 Å². The van der Waals surface area contributed by atoms with Gasteiger partial charge in [-0.3, -0.25) is 9.59 Å². The molecule has 2 rings (SSSR count). The number of hydrogen-bond donors (Lipinski definition) is 1. The minimum absolute atomic E-state index is 0.0407. The van der Waals surface area contributed by atoms with Crippen molar-refractivity contribution in [3.05, 3.63) is 23.8 Å². The van der Waals surface area contributed by atoms with Gasteiger partial charge in [-0.05, 0) is 12.1 Å².